The van der Waals surface area contributed by atoms with E-state index in [0.717, 1.165) is 11.4 Å². The van der Waals surface area contributed by atoms with Gasteiger partial charge in [-0.15, -0.1) is 0 Å². The zero-order chi connectivity index (χ0) is 36.6. The number of hydrogen-bond acceptors (Lipinski definition) is 1. The highest BCUT2D eigenvalue weighted by atomic mass is 15.1. The third kappa shape index (κ3) is 5.31. The molecule has 0 fully saturated rings. The van der Waals surface area contributed by atoms with Crippen LogP contribution < -0.4 is 4.90 Å². The normalized spacial score (nSPS) is 13.3. The second kappa shape index (κ2) is 12.1. The molecule has 0 saturated carbocycles. The summed E-state index contributed by atoms with van der Waals surface area (Å²) in [6.07, 6.45) is 0. The molecule has 0 radical (unpaired) electrons. The van der Waals surface area contributed by atoms with E-state index in [4.69, 9.17) is 0 Å². The zero-order valence-corrected chi connectivity index (χ0v) is 31.8. The summed E-state index contributed by atoms with van der Waals surface area (Å²) in [6.45, 7) is 16.1. The lowest BCUT2D eigenvalue weighted by Gasteiger charge is -2.31. The highest BCUT2D eigenvalue weighted by molar-refractivity contribution is 6.09. The van der Waals surface area contributed by atoms with E-state index in [-0.39, 0.29) is 10.8 Å². The number of aromatic nitrogens is 1. The van der Waals surface area contributed by atoms with Crippen molar-refractivity contribution < 1.29 is 0 Å². The zero-order valence-electron chi connectivity index (χ0n) is 31.8. The number of nitrogens with zero attached hydrogens (tertiary/aromatic N) is 2. The van der Waals surface area contributed by atoms with E-state index in [0.29, 0.717) is 0 Å². The van der Waals surface area contributed by atoms with Crippen LogP contribution in [0.2, 0.25) is 0 Å². The average molecular weight is 687 g/mol. The number of anilines is 3. The summed E-state index contributed by atoms with van der Waals surface area (Å²) in [5.74, 6) is 0. The molecule has 0 N–H and O–H groups in total. The van der Waals surface area contributed by atoms with Crippen LogP contribution in [-0.2, 0) is 10.8 Å². The molecule has 8 aromatic rings. The highest BCUT2D eigenvalue weighted by Gasteiger charge is 2.36. The molecule has 0 saturated heterocycles. The third-order valence-corrected chi connectivity index (χ3v) is 11.6. The summed E-state index contributed by atoms with van der Waals surface area (Å²) in [6, 6.07) is 56.4. The second-order valence-electron chi connectivity index (χ2n) is 16.4. The van der Waals surface area contributed by atoms with Crippen molar-refractivity contribution in [3.05, 3.63) is 179 Å². The van der Waals surface area contributed by atoms with Crippen LogP contribution in [0.25, 0.3) is 49.7 Å². The monoisotopic (exact) mass is 686 g/mol. The lowest BCUT2D eigenvalue weighted by atomic mass is 9.82. The van der Waals surface area contributed by atoms with Crippen molar-refractivity contribution in [2.45, 2.75) is 59.3 Å². The number of aryl methyl sites for hydroxylation is 2. The van der Waals surface area contributed by atoms with Crippen LogP contribution in [-0.4, -0.2) is 4.57 Å². The molecule has 0 bridgehead atoms. The summed E-state index contributed by atoms with van der Waals surface area (Å²) < 4.78 is 2.39. The van der Waals surface area contributed by atoms with Crippen molar-refractivity contribution in [2.75, 3.05) is 4.90 Å². The molecular formula is C51H46N2. The van der Waals surface area contributed by atoms with Crippen molar-refractivity contribution in [2.24, 2.45) is 0 Å². The molecule has 1 heterocycles. The maximum absolute atomic E-state index is 2.48. The van der Waals surface area contributed by atoms with Crippen LogP contribution in [0.15, 0.2) is 152 Å². The Morgan fingerprint density at radius 2 is 1.06 bits per heavy atom. The van der Waals surface area contributed by atoms with Gasteiger partial charge in [0.15, 0.2) is 0 Å². The van der Waals surface area contributed by atoms with Gasteiger partial charge in [-0.2, -0.15) is 0 Å². The van der Waals surface area contributed by atoms with E-state index < -0.39 is 0 Å². The largest absolute Gasteiger partial charge is 0.310 e. The smallest absolute Gasteiger partial charge is 0.0541 e. The van der Waals surface area contributed by atoms with Crippen LogP contribution in [0.3, 0.4) is 0 Å². The van der Waals surface area contributed by atoms with Crippen molar-refractivity contribution in [1.82, 2.24) is 4.57 Å². The maximum atomic E-state index is 2.48. The van der Waals surface area contributed by atoms with Gasteiger partial charge >= 0.3 is 0 Å². The lowest BCUT2D eigenvalue weighted by molar-refractivity contribution is 0.590. The van der Waals surface area contributed by atoms with E-state index in [2.05, 4.69) is 210 Å². The molecule has 1 aromatic heterocycles. The number of para-hydroxylation sites is 2. The predicted octanol–water partition coefficient (Wildman–Crippen LogP) is 14.1. The van der Waals surface area contributed by atoms with Crippen LogP contribution in [0, 0.1) is 13.8 Å². The van der Waals surface area contributed by atoms with Gasteiger partial charge in [-0.3, -0.25) is 0 Å². The van der Waals surface area contributed by atoms with E-state index in [1.165, 1.54) is 83.3 Å². The van der Waals surface area contributed by atoms with Crippen LogP contribution in [0.5, 0.6) is 0 Å². The standard InChI is InChI=1S/C51H46N2/c1-33-30-36(35-20-22-37(23-21-35)50(3,4)5)31-34(2)49(33)52(40-28-29-42-41-14-8-11-17-45(41)51(6,7)46(42)32-40)38-24-26-39(27-25-38)53-47-18-12-9-15-43(47)44-16-10-13-19-48(44)53/h8-32H,1-7H3. The highest BCUT2D eigenvalue weighted by Crippen LogP contribution is 2.51. The van der Waals surface area contributed by atoms with E-state index >= 15 is 0 Å². The average Bonchev–Trinajstić information content (AvgIpc) is 3.61. The maximum Gasteiger partial charge on any atom is 0.0541 e. The van der Waals surface area contributed by atoms with Gasteiger partial charge in [0.05, 0.1) is 16.7 Å². The molecule has 2 heteroatoms. The van der Waals surface area contributed by atoms with E-state index in [1.807, 2.05) is 0 Å². The number of fused-ring (bicyclic) bond motifs is 6. The molecular weight excluding hydrogens is 641 g/mol. The minimum atomic E-state index is -0.0961. The van der Waals surface area contributed by atoms with Crippen LogP contribution in [0.4, 0.5) is 17.1 Å². The van der Waals surface area contributed by atoms with Crippen LogP contribution in [0.1, 0.15) is 62.4 Å². The first-order valence-corrected chi connectivity index (χ1v) is 18.9. The van der Waals surface area contributed by atoms with Gasteiger partial charge in [0.2, 0.25) is 0 Å². The molecule has 0 aliphatic heterocycles. The number of rotatable bonds is 5. The Labute approximate surface area is 314 Å². The summed E-state index contributed by atoms with van der Waals surface area (Å²) >= 11 is 0. The fourth-order valence-electron chi connectivity index (χ4n) is 8.83. The molecule has 1 aliphatic carbocycles. The summed E-state index contributed by atoms with van der Waals surface area (Å²) in [5, 5.41) is 2.55. The summed E-state index contributed by atoms with van der Waals surface area (Å²) in [7, 11) is 0. The van der Waals surface area contributed by atoms with Gasteiger partial charge in [0.1, 0.15) is 0 Å². The Hall–Kier alpha value is -5.86. The van der Waals surface area contributed by atoms with Gasteiger partial charge < -0.3 is 9.47 Å². The first kappa shape index (κ1) is 33.0. The lowest BCUT2D eigenvalue weighted by Crippen LogP contribution is -2.17. The second-order valence-corrected chi connectivity index (χ2v) is 16.4. The Morgan fingerprint density at radius 3 is 1.68 bits per heavy atom. The Kier molecular flexibility index (Phi) is 7.54. The quantitative estimate of drug-likeness (QED) is 0.175. The van der Waals surface area contributed by atoms with Gasteiger partial charge in [0, 0.05) is 33.2 Å². The SMILES string of the molecule is Cc1cc(-c2ccc(C(C)(C)C)cc2)cc(C)c1N(c1ccc(-n2c3ccccc3c3ccccc32)cc1)c1ccc2c(c1)C(C)(C)c1ccccc1-2. The van der Waals surface area contributed by atoms with Gasteiger partial charge in [-0.1, -0.05) is 126 Å². The molecule has 7 aromatic carbocycles. The minimum Gasteiger partial charge on any atom is -0.310 e. The molecule has 2 nitrogen and oxygen atoms in total. The third-order valence-electron chi connectivity index (χ3n) is 11.6. The summed E-state index contributed by atoms with van der Waals surface area (Å²) in [4.78, 5) is 2.48. The first-order chi connectivity index (χ1) is 25.5. The van der Waals surface area contributed by atoms with Gasteiger partial charge in [0.25, 0.3) is 0 Å². The fraction of sp³-hybridized carbons (Fsp3) is 0.176. The minimum absolute atomic E-state index is 0.0961. The van der Waals surface area contributed by atoms with Crippen molar-refractivity contribution in [3.8, 4) is 27.9 Å². The van der Waals surface area contributed by atoms with E-state index in [1.54, 1.807) is 0 Å². The van der Waals surface area contributed by atoms with E-state index in [9.17, 15) is 0 Å². The molecule has 0 amide bonds. The van der Waals surface area contributed by atoms with Crippen LogP contribution >= 0.6 is 0 Å². The topological polar surface area (TPSA) is 8.17 Å². The predicted molar refractivity (Wildman–Crippen MR) is 227 cm³/mol. The molecule has 0 atom stereocenters. The molecule has 260 valence electrons. The van der Waals surface area contributed by atoms with Crippen molar-refractivity contribution in [1.29, 1.82) is 0 Å². The fourth-order valence-corrected chi connectivity index (χ4v) is 8.83. The molecule has 0 unspecified atom stereocenters. The van der Waals surface area contributed by atoms with Gasteiger partial charge in [-0.05, 0) is 130 Å². The van der Waals surface area contributed by atoms with Gasteiger partial charge in [-0.25, -0.2) is 0 Å². The molecule has 53 heavy (non-hydrogen) atoms. The Balaban J connectivity index is 1.20. The first-order valence-electron chi connectivity index (χ1n) is 18.9. The van der Waals surface area contributed by atoms with Crippen molar-refractivity contribution in [3.63, 3.8) is 0 Å². The summed E-state index contributed by atoms with van der Waals surface area (Å²) in [5.41, 5.74) is 18.9. The Bertz CT molecular complexity index is 2600. The molecule has 1 aliphatic rings. The Morgan fingerprint density at radius 1 is 0.509 bits per heavy atom. The molecule has 9 rings (SSSR count). The number of benzene rings is 7. The molecule has 0 spiro atoms. The van der Waals surface area contributed by atoms with Crippen molar-refractivity contribution >= 4 is 38.9 Å². The number of hydrogen-bond donors (Lipinski definition) is 0.